The number of carbonyl (C=O) groups is 1. The second-order valence-electron chi connectivity index (χ2n) is 4.68. The molecule has 0 unspecified atom stereocenters. The van der Waals surface area contributed by atoms with E-state index in [4.69, 9.17) is 0 Å². The van der Waals surface area contributed by atoms with Crippen LogP contribution in [0.25, 0.3) is 11.1 Å². The zero-order chi connectivity index (χ0) is 13.2. The SMILES string of the molecule is O=C(O)C1=C(c2ccccc2)CCc2ccccc21. The molecule has 0 saturated heterocycles. The molecule has 0 atom stereocenters. The van der Waals surface area contributed by atoms with Gasteiger partial charge in [0.1, 0.15) is 0 Å². The minimum absolute atomic E-state index is 0.452. The number of fused-ring (bicyclic) bond motifs is 1. The minimum Gasteiger partial charge on any atom is -0.478 e. The van der Waals surface area contributed by atoms with Crippen LogP contribution in [0.15, 0.2) is 54.6 Å². The van der Waals surface area contributed by atoms with Gasteiger partial charge in [0.25, 0.3) is 0 Å². The molecule has 0 saturated carbocycles. The minimum atomic E-state index is -0.842. The highest BCUT2D eigenvalue weighted by atomic mass is 16.4. The van der Waals surface area contributed by atoms with E-state index in [-0.39, 0.29) is 0 Å². The standard InChI is InChI=1S/C17H14O2/c18-17(19)16-14-9-5-4-8-13(14)10-11-15(16)12-6-2-1-3-7-12/h1-9H,10-11H2,(H,18,19). The van der Waals surface area contributed by atoms with Crippen molar-refractivity contribution in [2.75, 3.05) is 0 Å². The summed E-state index contributed by atoms with van der Waals surface area (Å²) in [5.41, 5.74) is 4.38. The van der Waals surface area contributed by atoms with E-state index in [1.807, 2.05) is 54.6 Å². The van der Waals surface area contributed by atoms with Crippen LogP contribution in [0, 0.1) is 0 Å². The fraction of sp³-hybridized carbons (Fsp3) is 0.118. The molecule has 1 aliphatic rings. The first kappa shape index (κ1) is 11.7. The number of carboxylic acid groups (broad SMARTS) is 1. The molecule has 2 aromatic rings. The van der Waals surface area contributed by atoms with Crippen molar-refractivity contribution < 1.29 is 9.90 Å². The Labute approximate surface area is 112 Å². The van der Waals surface area contributed by atoms with E-state index in [1.54, 1.807) is 0 Å². The van der Waals surface area contributed by atoms with Gasteiger partial charge in [0, 0.05) is 0 Å². The van der Waals surface area contributed by atoms with Crippen molar-refractivity contribution >= 4 is 17.1 Å². The molecule has 0 heterocycles. The Kier molecular flexibility index (Phi) is 2.92. The third-order valence-electron chi connectivity index (χ3n) is 3.57. The van der Waals surface area contributed by atoms with Crippen molar-refractivity contribution in [2.24, 2.45) is 0 Å². The van der Waals surface area contributed by atoms with Crippen LogP contribution >= 0.6 is 0 Å². The zero-order valence-electron chi connectivity index (χ0n) is 10.5. The van der Waals surface area contributed by atoms with E-state index in [0.29, 0.717) is 5.57 Å². The van der Waals surface area contributed by atoms with Crippen LogP contribution in [0.1, 0.15) is 23.1 Å². The second kappa shape index (κ2) is 4.73. The van der Waals surface area contributed by atoms with Gasteiger partial charge >= 0.3 is 5.97 Å². The fourth-order valence-corrected chi connectivity index (χ4v) is 2.70. The van der Waals surface area contributed by atoms with Crippen molar-refractivity contribution in [2.45, 2.75) is 12.8 Å². The van der Waals surface area contributed by atoms with Gasteiger partial charge in [-0.2, -0.15) is 0 Å². The van der Waals surface area contributed by atoms with Gasteiger partial charge in [0.15, 0.2) is 0 Å². The molecule has 0 amide bonds. The third-order valence-corrected chi connectivity index (χ3v) is 3.57. The summed E-state index contributed by atoms with van der Waals surface area (Å²) in [5, 5.41) is 9.56. The van der Waals surface area contributed by atoms with E-state index in [9.17, 15) is 9.90 Å². The fourth-order valence-electron chi connectivity index (χ4n) is 2.70. The Hall–Kier alpha value is -2.35. The van der Waals surface area contributed by atoms with Crippen LogP contribution in [-0.4, -0.2) is 11.1 Å². The Morgan fingerprint density at radius 2 is 1.58 bits per heavy atom. The molecular weight excluding hydrogens is 236 g/mol. The molecule has 1 N–H and O–H groups in total. The van der Waals surface area contributed by atoms with Crippen LogP contribution in [0.3, 0.4) is 0 Å². The van der Waals surface area contributed by atoms with E-state index >= 15 is 0 Å². The van der Waals surface area contributed by atoms with Gasteiger partial charge in [-0.15, -0.1) is 0 Å². The molecule has 0 fully saturated rings. The Morgan fingerprint density at radius 1 is 0.895 bits per heavy atom. The summed E-state index contributed by atoms with van der Waals surface area (Å²) in [5.74, 6) is -0.842. The summed E-state index contributed by atoms with van der Waals surface area (Å²) in [7, 11) is 0. The molecule has 0 bridgehead atoms. The predicted octanol–water partition coefficient (Wildman–Crippen LogP) is 3.63. The summed E-state index contributed by atoms with van der Waals surface area (Å²) in [4.78, 5) is 11.6. The van der Waals surface area contributed by atoms with E-state index in [0.717, 1.165) is 35.1 Å². The highest BCUT2D eigenvalue weighted by Gasteiger charge is 2.24. The first-order valence-corrected chi connectivity index (χ1v) is 6.37. The van der Waals surface area contributed by atoms with Crippen LogP contribution in [0.4, 0.5) is 0 Å². The average Bonchev–Trinajstić information content (AvgIpc) is 2.46. The molecule has 2 nitrogen and oxygen atoms in total. The lowest BCUT2D eigenvalue weighted by Crippen LogP contribution is -2.11. The molecule has 94 valence electrons. The number of benzene rings is 2. The highest BCUT2D eigenvalue weighted by Crippen LogP contribution is 2.36. The lowest BCUT2D eigenvalue weighted by Gasteiger charge is -2.21. The molecule has 0 radical (unpaired) electrons. The summed E-state index contributed by atoms with van der Waals surface area (Å²) >= 11 is 0. The first-order chi connectivity index (χ1) is 9.27. The number of aliphatic carboxylic acids is 1. The van der Waals surface area contributed by atoms with Crippen LogP contribution in [-0.2, 0) is 11.2 Å². The largest absolute Gasteiger partial charge is 0.478 e. The van der Waals surface area contributed by atoms with Crippen molar-refractivity contribution in [3.8, 4) is 0 Å². The van der Waals surface area contributed by atoms with Crippen molar-refractivity contribution in [1.82, 2.24) is 0 Å². The smallest absolute Gasteiger partial charge is 0.336 e. The summed E-state index contributed by atoms with van der Waals surface area (Å²) in [6.45, 7) is 0. The Morgan fingerprint density at radius 3 is 2.32 bits per heavy atom. The normalized spacial score (nSPS) is 14.1. The molecular formula is C17H14O2. The van der Waals surface area contributed by atoms with E-state index in [1.165, 1.54) is 0 Å². The van der Waals surface area contributed by atoms with Gasteiger partial charge in [-0.1, -0.05) is 54.6 Å². The molecule has 0 spiro atoms. The molecule has 2 aromatic carbocycles. The Balaban J connectivity index is 2.24. The first-order valence-electron chi connectivity index (χ1n) is 6.37. The highest BCUT2D eigenvalue weighted by molar-refractivity contribution is 6.24. The lowest BCUT2D eigenvalue weighted by atomic mass is 9.83. The van der Waals surface area contributed by atoms with Crippen LogP contribution < -0.4 is 0 Å². The summed E-state index contributed by atoms with van der Waals surface area (Å²) in [6.07, 6.45) is 1.68. The quantitative estimate of drug-likeness (QED) is 0.883. The number of carboxylic acids is 1. The van der Waals surface area contributed by atoms with E-state index < -0.39 is 5.97 Å². The summed E-state index contributed by atoms with van der Waals surface area (Å²) < 4.78 is 0. The molecule has 19 heavy (non-hydrogen) atoms. The van der Waals surface area contributed by atoms with Crippen molar-refractivity contribution in [1.29, 1.82) is 0 Å². The lowest BCUT2D eigenvalue weighted by molar-refractivity contribution is -0.130. The number of hydrogen-bond acceptors (Lipinski definition) is 1. The monoisotopic (exact) mass is 250 g/mol. The van der Waals surface area contributed by atoms with Gasteiger partial charge in [-0.25, -0.2) is 4.79 Å². The number of allylic oxidation sites excluding steroid dienone is 1. The van der Waals surface area contributed by atoms with Gasteiger partial charge in [0.2, 0.25) is 0 Å². The van der Waals surface area contributed by atoms with Crippen molar-refractivity contribution in [3.63, 3.8) is 0 Å². The molecule has 2 heteroatoms. The zero-order valence-corrected chi connectivity index (χ0v) is 10.5. The predicted molar refractivity (Wildman–Crippen MR) is 75.7 cm³/mol. The maximum atomic E-state index is 11.6. The van der Waals surface area contributed by atoms with Gasteiger partial charge < -0.3 is 5.11 Å². The molecule has 1 aliphatic carbocycles. The molecule has 3 rings (SSSR count). The maximum Gasteiger partial charge on any atom is 0.336 e. The molecule has 0 aromatic heterocycles. The summed E-state index contributed by atoms with van der Waals surface area (Å²) in [6, 6.07) is 17.6. The van der Waals surface area contributed by atoms with E-state index in [2.05, 4.69) is 0 Å². The molecule has 0 aliphatic heterocycles. The van der Waals surface area contributed by atoms with Crippen LogP contribution in [0.2, 0.25) is 0 Å². The number of hydrogen-bond donors (Lipinski definition) is 1. The Bertz CT molecular complexity index is 654. The van der Waals surface area contributed by atoms with Gasteiger partial charge in [-0.3, -0.25) is 0 Å². The number of aryl methyl sites for hydroxylation is 1. The van der Waals surface area contributed by atoms with Gasteiger partial charge in [0.05, 0.1) is 5.57 Å². The second-order valence-corrected chi connectivity index (χ2v) is 4.68. The van der Waals surface area contributed by atoms with Crippen LogP contribution in [0.5, 0.6) is 0 Å². The van der Waals surface area contributed by atoms with Crippen molar-refractivity contribution in [3.05, 3.63) is 71.3 Å². The van der Waals surface area contributed by atoms with Gasteiger partial charge in [-0.05, 0) is 35.1 Å². The average molecular weight is 250 g/mol. The third kappa shape index (κ3) is 2.06. The maximum absolute atomic E-state index is 11.6. The topological polar surface area (TPSA) is 37.3 Å². The number of rotatable bonds is 2.